The lowest BCUT2D eigenvalue weighted by Gasteiger charge is -2.21. The van der Waals surface area contributed by atoms with E-state index in [1.807, 2.05) is 13.8 Å². The summed E-state index contributed by atoms with van der Waals surface area (Å²) in [6, 6.07) is 4.73. The van der Waals surface area contributed by atoms with Crippen molar-refractivity contribution in [3.63, 3.8) is 0 Å². The first-order chi connectivity index (χ1) is 7.74. The number of alkyl halides is 4. The number of ether oxygens (including phenoxy) is 1. The van der Waals surface area contributed by atoms with Gasteiger partial charge in [0.25, 0.3) is 0 Å². The van der Waals surface area contributed by atoms with Gasteiger partial charge in [-0.2, -0.15) is 13.2 Å². The molecule has 0 heterocycles. The molecule has 1 rings (SSSR count). The zero-order valence-electron chi connectivity index (χ0n) is 9.64. The Hall–Kier alpha value is -0.710. The first-order valence-electron chi connectivity index (χ1n) is 5.11. The van der Waals surface area contributed by atoms with Crippen molar-refractivity contribution in [2.75, 3.05) is 11.9 Å². The zero-order valence-corrected chi connectivity index (χ0v) is 11.2. The van der Waals surface area contributed by atoms with Crippen molar-refractivity contribution in [3.05, 3.63) is 29.8 Å². The molecular weight excluding hydrogens is 297 g/mol. The number of hydrogen-bond acceptors (Lipinski definition) is 1. The van der Waals surface area contributed by atoms with E-state index < -0.39 is 11.7 Å². The standard InChI is InChI=1S/C12H14BrF3O/c1-11(2,7-13)8-17-10-5-3-9(4-6-10)12(14,15)16/h3-6H,7-8H2,1-2H3. The second-order valence-corrected chi connectivity index (χ2v) is 5.17. The molecule has 0 spiro atoms. The monoisotopic (exact) mass is 310 g/mol. The van der Waals surface area contributed by atoms with Gasteiger partial charge in [-0.05, 0) is 24.3 Å². The van der Waals surface area contributed by atoms with Crippen molar-refractivity contribution in [2.24, 2.45) is 5.41 Å². The molecular formula is C12H14BrF3O. The number of halogens is 4. The minimum absolute atomic E-state index is 0.0529. The van der Waals surface area contributed by atoms with E-state index >= 15 is 0 Å². The Labute approximate surface area is 107 Å². The fraction of sp³-hybridized carbons (Fsp3) is 0.500. The fourth-order valence-corrected chi connectivity index (χ4v) is 1.22. The summed E-state index contributed by atoms with van der Waals surface area (Å²) in [4.78, 5) is 0. The second kappa shape index (κ2) is 5.29. The van der Waals surface area contributed by atoms with Crippen molar-refractivity contribution in [3.8, 4) is 5.75 Å². The molecule has 0 aromatic heterocycles. The van der Waals surface area contributed by atoms with Crippen LogP contribution in [0.5, 0.6) is 5.75 Å². The number of benzene rings is 1. The molecule has 0 atom stereocenters. The molecule has 1 aromatic rings. The third kappa shape index (κ3) is 4.58. The molecule has 0 amide bonds. The van der Waals surface area contributed by atoms with E-state index in [-0.39, 0.29) is 5.41 Å². The summed E-state index contributed by atoms with van der Waals surface area (Å²) in [6.45, 7) is 4.46. The van der Waals surface area contributed by atoms with Gasteiger partial charge >= 0.3 is 6.18 Å². The highest BCUT2D eigenvalue weighted by molar-refractivity contribution is 9.09. The van der Waals surface area contributed by atoms with Gasteiger partial charge in [0, 0.05) is 10.7 Å². The largest absolute Gasteiger partial charge is 0.493 e. The summed E-state index contributed by atoms with van der Waals surface area (Å²) in [5.41, 5.74) is -0.715. The van der Waals surface area contributed by atoms with Crippen LogP contribution in [0, 0.1) is 5.41 Å². The SMILES string of the molecule is CC(C)(CBr)COc1ccc(C(F)(F)F)cc1. The van der Waals surface area contributed by atoms with Crippen LogP contribution in [0.15, 0.2) is 24.3 Å². The average Bonchev–Trinajstić information content (AvgIpc) is 2.26. The van der Waals surface area contributed by atoms with Crippen LogP contribution < -0.4 is 4.74 Å². The van der Waals surface area contributed by atoms with Gasteiger partial charge in [0.2, 0.25) is 0 Å². The molecule has 0 radical (unpaired) electrons. The summed E-state index contributed by atoms with van der Waals surface area (Å²) in [5, 5.41) is 0.765. The molecule has 0 N–H and O–H groups in total. The van der Waals surface area contributed by atoms with Crippen LogP contribution in [0.4, 0.5) is 13.2 Å². The number of rotatable bonds is 4. The molecule has 96 valence electrons. The summed E-state index contributed by atoms with van der Waals surface area (Å²) in [5.74, 6) is 0.451. The van der Waals surface area contributed by atoms with Gasteiger partial charge in [-0.1, -0.05) is 29.8 Å². The molecule has 5 heteroatoms. The van der Waals surface area contributed by atoms with Gasteiger partial charge in [0.15, 0.2) is 0 Å². The van der Waals surface area contributed by atoms with Crippen LogP contribution in [0.2, 0.25) is 0 Å². The first kappa shape index (κ1) is 14.4. The highest BCUT2D eigenvalue weighted by Gasteiger charge is 2.30. The summed E-state index contributed by atoms with van der Waals surface area (Å²) in [7, 11) is 0. The maximum absolute atomic E-state index is 12.3. The molecule has 0 aliphatic rings. The normalized spacial score (nSPS) is 12.6. The van der Waals surface area contributed by atoms with Gasteiger partial charge in [0.05, 0.1) is 12.2 Å². The van der Waals surface area contributed by atoms with Crippen LogP contribution in [0.3, 0.4) is 0 Å². The fourth-order valence-electron chi connectivity index (χ4n) is 1.06. The minimum Gasteiger partial charge on any atom is -0.493 e. The van der Waals surface area contributed by atoms with Crippen molar-refractivity contribution in [2.45, 2.75) is 20.0 Å². The average molecular weight is 311 g/mol. The Bertz CT molecular complexity index is 357. The molecule has 0 aliphatic heterocycles. The third-order valence-corrected chi connectivity index (χ3v) is 3.69. The smallest absolute Gasteiger partial charge is 0.416 e. The van der Waals surface area contributed by atoms with Crippen LogP contribution in [-0.4, -0.2) is 11.9 Å². The van der Waals surface area contributed by atoms with Crippen LogP contribution >= 0.6 is 15.9 Å². The first-order valence-corrected chi connectivity index (χ1v) is 6.23. The zero-order chi connectivity index (χ0) is 13.1. The van der Waals surface area contributed by atoms with E-state index in [0.29, 0.717) is 12.4 Å². The van der Waals surface area contributed by atoms with Gasteiger partial charge < -0.3 is 4.74 Å². The second-order valence-electron chi connectivity index (χ2n) is 4.61. The molecule has 0 saturated heterocycles. The maximum Gasteiger partial charge on any atom is 0.416 e. The van der Waals surface area contributed by atoms with Crippen LogP contribution in [0.25, 0.3) is 0 Å². The molecule has 0 saturated carbocycles. The Kier molecular flexibility index (Phi) is 4.47. The van der Waals surface area contributed by atoms with E-state index in [1.165, 1.54) is 12.1 Å². The summed E-state index contributed by atoms with van der Waals surface area (Å²) < 4.78 is 42.3. The van der Waals surface area contributed by atoms with Crippen molar-refractivity contribution < 1.29 is 17.9 Å². The predicted molar refractivity (Wildman–Crippen MR) is 64.5 cm³/mol. The van der Waals surface area contributed by atoms with Gasteiger partial charge in [-0.15, -0.1) is 0 Å². The predicted octanol–water partition coefficient (Wildman–Crippen LogP) is 4.51. The Morgan fingerprint density at radius 1 is 1.12 bits per heavy atom. The lowest BCUT2D eigenvalue weighted by molar-refractivity contribution is -0.137. The van der Waals surface area contributed by atoms with E-state index in [1.54, 1.807) is 0 Å². The van der Waals surface area contributed by atoms with Crippen molar-refractivity contribution in [1.82, 2.24) is 0 Å². The molecule has 0 unspecified atom stereocenters. The molecule has 1 aromatic carbocycles. The van der Waals surface area contributed by atoms with E-state index in [2.05, 4.69) is 15.9 Å². The maximum atomic E-state index is 12.3. The molecule has 0 fully saturated rings. The van der Waals surface area contributed by atoms with Gasteiger partial charge in [-0.25, -0.2) is 0 Å². The quantitative estimate of drug-likeness (QED) is 0.744. The van der Waals surface area contributed by atoms with Gasteiger partial charge in [-0.3, -0.25) is 0 Å². The Balaban J connectivity index is 2.64. The Morgan fingerprint density at radius 3 is 2.06 bits per heavy atom. The van der Waals surface area contributed by atoms with E-state index in [9.17, 15) is 13.2 Å². The van der Waals surface area contributed by atoms with Crippen molar-refractivity contribution >= 4 is 15.9 Å². The summed E-state index contributed by atoms with van der Waals surface area (Å²) in [6.07, 6.45) is -4.30. The van der Waals surface area contributed by atoms with Crippen molar-refractivity contribution in [1.29, 1.82) is 0 Å². The van der Waals surface area contributed by atoms with Gasteiger partial charge in [0.1, 0.15) is 5.75 Å². The van der Waals surface area contributed by atoms with Crippen LogP contribution in [0.1, 0.15) is 19.4 Å². The minimum atomic E-state index is -4.30. The van der Waals surface area contributed by atoms with Crippen LogP contribution in [-0.2, 0) is 6.18 Å². The molecule has 0 bridgehead atoms. The molecule has 17 heavy (non-hydrogen) atoms. The highest BCUT2D eigenvalue weighted by Crippen LogP contribution is 2.30. The molecule has 0 aliphatic carbocycles. The lowest BCUT2D eigenvalue weighted by atomic mass is 9.98. The summed E-state index contributed by atoms with van der Waals surface area (Å²) >= 11 is 3.35. The van der Waals surface area contributed by atoms with E-state index in [4.69, 9.17) is 4.74 Å². The topological polar surface area (TPSA) is 9.23 Å². The lowest BCUT2D eigenvalue weighted by Crippen LogP contribution is -2.22. The Morgan fingerprint density at radius 2 is 1.65 bits per heavy atom. The molecule has 1 nitrogen and oxygen atoms in total. The number of hydrogen-bond donors (Lipinski definition) is 0. The third-order valence-electron chi connectivity index (χ3n) is 2.17. The van der Waals surface area contributed by atoms with E-state index in [0.717, 1.165) is 17.5 Å². The highest BCUT2D eigenvalue weighted by atomic mass is 79.9.